The van der Waals surface area contributed by atoms with Crippen LogP contribution in [0.15, 0.2) is 54.7 Å². The highest BCUT2D eigenvalue weighted by Gasteiger charge is 2.28. The third-order valence-corrected chi connectivity index (χ3v) is 7.57. The van der Waals surface area contributed by atoms with Gasteiger partial charge < -0.3 is 25.0 Å². The monoisotopic (exact) mass is 511 g/mol. The zero-order chi connectivity index (χ0) is 25.7. The molecule has 0 unspecified atom stereocenters. The Morgan fingerprint density at radius 1 is 1.00 bits per heavy atom. The molecule has 0 saturated carbocycles. The van der Waals surface area contributed by atoms with Gasteiger partial charge in [0, 0.05) is 49.3 Å². The Morgan fingerprint density at radius 2 is 1.79 bits per heavy atom. The molecule has 0 radical (unpaired) electrons. The first-order valence-electron chi connectivity index (χ1n) is 13.4. The number of aromatic nitrogens is 2. The molecule has 0 bridgehead atoms. The van der Waals surface area contributed by atoms with E-state index in [0.717, 1.165) is 82.3 Å². The summed E-state index contributed by atoms with van der Waals surface area (Å²) < 4.78 is 11.5. The van der Waals surface area contributed by atoms with Crippen LogP contribution in [0.2, 0.25) is 0 Å². The minimum Gasteiger partial charge on any atom is -0.489 e. The van der Waals surface area contributed by atoms with Crippen LogP contribution in [-0.4, -0.2) is 79.5 Å². The van der Waals surface area contributed by atoms with Crippen LogP contribution in [0, 0.1) is 11.3 Å². The summed E-state index contributed by atoms with van der Waals surface area (Å²) in [5.74, 6) is 1.15. The number of piperazine rings is 1. The van der Waals surface area contributed by atoms with E-state index < -0.39 is 0 Å². The van der Waals surface area contributed by atoms with E-state index in [2.05, 4.69) is 55.8 Å². The summed E-state index contributed by atoms with van der Waals surface area (Å²) in [6, 6.07) is 18.9. The van der Waals surface area contributed by atoms with E-state index in [0.29, 0.717) is 23.3 Å². The van der Waals surface area contributed by atoms with Gasteiger partial charge in [0.2, 0.25) is 5.95 Å². The lowest BCUT2D eigenvalue weighted by Crippen LogP contribution is -2.56. The molecule has 0 aliphatic carbocycles. The highest BCUT2D eigenvalue weighted by molar-refractivity contribution is 5.66. The van der Waals surface area contributed by atoms with E-state index in [1.807, 2.05) is 24.3 Å². The van der Waals surface area contributed by atoms with Gasteiger partial charge in [-0.05, 0) is 74.5 Å². The van der Waals surface area contributed by atoms with E-state index in [1.165, 1.54) is 5.69 Å². The van der Waals surface area contributed by atoms with Crippen LogP contribution in [0.1, 0.15) is 18.4 Å². The number of nitriles is 1. The quantitative estimate of drug-likeness (QED) is 0.494. The molecule has 4 heterocycles. The van der Waals surface area contributed by atoms with Crippen molar-refractivity contribution in [2.45, 2.75) is 25.0 Å². The molecule has 2 N–H and O–H groups in total. The zero-order valence-electron chi connectivity index (χ0n) is 21.5. The summed E-state index contributed by atoms with van der Waals surface area (Å²) in [5.41, 5.74) is 4.28. The standard InChI is InChI=1S/C29H33N7O2/c30-18-22-17-21(1-6-28(22)38-26-7-10-31-11-8-26)27-9-12-32-29(34-27)33-23-2-4-24(5-3-23)35-13-15-36(16-14-35)25-19-37-20-25/h1-6,9,12,17,25-26,31H,7-8,10-11,13-16,19-20H2,(H,32,33,34). The van der Waals surface area contributed by atoms with Gasteiger partial charge in [-0.1, -0.05) is 0 Å². The lowest BCUT2D eigenvalue weighted by molar-refractivity contribution is -0.0660. The third kappa shape index (κ3) is 5.58. The maximum absolute atomic E-state index is 9.74. The SMILES string of the molecule is N#Cc1cc(-c2ccnc(Nc3ccc(N4CCN(C5COC5)CC4)cc3)n2)ccc1OC1CCNCC1. The van der Waals surface area contributed by atoms with Crippen LogP contribution in [0.4, 0.5) is 17.3 Å². The molecule has 1 aromatic heterocycles. The summed E-state index contributed by atoms with van der Waals surface area (Å²) in [4.78, 5) is 14.1. The van der Waals surface area contributed by atoms with Crippen molar-refractivity contribution in [2.24, 2.45) is 0 Å². The van der Waals surface area contributed by atoms with Crippen LogP contribution >= 0.6 is 0 Å². The Bertz CT molecular complexity index is 1270. The van der Waals surface area contributed by atoms with E-state index in [-0.39, 0.29) is 6.10 Å². The minimum atomic E-state index is 0.141. The summed E-state index contributed by atoms with van der Waals surface area (Å²) in [5, 5.41) is 16.4. The van der Waals surface area contributed by atoms with Gasteiger partial charge >= 0.3 is 0 Å². The summed E-state index contributed by atoms with van der Waals surface area (Å²) >= 11 is 0. The van der Waals surface area contributed by atoms with Gasteiger partial charge in [0.1, 0.15) is 17.9 Å². The van der Waals surface area contributed by atoms with Gasteiger partial charge in [0.15, 0.2) is 0 Å². The predicted octanol–water partition coefficient (Wildman–Crippen LogP) is 3.41. The van der Waals surface area contributed by atoms with Crippen molar-refractivity contribution < 1.29 is 9.47 Å². The molecule has 3 aromatic rings. The minimum absolute atomic E-state index is 0.141. The summed E-state index contributed by atoms with van der Waals surface area (Å²) in [7, 11) is 0. The van der Waals surface area contributed by atoms with Crippen LogP contribution in [0.3, 0.4) is 0 Å². The molecule has 0 spiro atoms. The molecule has 6 rings (SSSR count). The maximum atomic E-state index is 9.74. The molecule has 9 heteroatoms. The van der Waals surface area contributed by atoms with Gasteiger partial charge in [-0.15, -0.1) is 0 Å². The van der Waals surface area contributed by atoms with Crippen molar-refractivity contribution >= 4 is 17.3 Å². The Hall–Kier alpha value is -3.71. The average molecular weight is 512 g/mol. The van der Waals surface area contributed by atoms with Crippen molar-refractivity contribution in [2.75, 3.05) is 62.7 Å². The first-order chi connectivity index (χ1) is 18.7. The second-order valence-electron chi connectivity index (χ2n) is 10.0. The second kappa shape index (κ2) is 11.4. The number of rotatable bonds is 7. The van der Waals surface area contributed by atoms with Crippen molar-refractivity contribution in [1.29, 1.82) is 5.26 Å². The molecule has 2 aromatic carbocycles. The molecule has 3 saturated heterocycles. The fourth-order valence-electron chi connectivity index (χ4n) is 5.22. The molecular formula is C29H33N7O2. The molecule has 196 valence electrons. The van der Waals surface area contributed by atoms with E-state index in [9.17, 15) is 5.26 Å². The van der Waals surface area contributed by atoms with Crippen LogP contribution < -0.4 is 20.3 Å². The van der Waals surface area contributed by atoms with Gasteiger partial charge in [-0.3, -0.25) is 4.90 Å². The van der Waals surface area contributed by atoms with E-state index in [4.69, 9.17) is 14.5 Å². The Morgan fingerprint density at radius 3 is 2.50 bits per heavy atom. The molecule has 3 aliphatic rings. The summed E-state index contributed by atoms with van der Waals surface area (Å²) in [6.07, 6.45) is 3.77. The Labute approximate surface area is 223 Å². The average Bonchev–Trinajstić information content (AvgIpc) is 2.94. The van der Waals surface area contributed by atoms with Crippen molar-refractivity contribution in [3.05, 3.63) is 60.3 Å². The highest BCUT2D eigenvalue weighted by atomic mass is 16.5. The number of ether oxygens (including phenoxy) is 2. The van der Waals surface area contributed by atoms with Crippen molar-refractivity contribution in [3.63, 3.8) is 0 Å². The van der Waals surface area contributed by atoms with E-state index in [1.54, 1.807) is 6.20 Å². The second-order valence-corrected chi connectivity index (χ2v) is 10.0. The number of piperidine rings is 1. The topological polar surface area (TPSA) is 98.6 Å². The van der Waals surface area contributed by atoms with Crippen LogP contribution in [0.5, 0.6) is 5.75 Å². The molecule has 38 heavy (non-hydrogen) atoms. The number of anilines is 3. The number of hydrogen-bond acceptors (Lipinski definition) is 9. The van der Waals surface area contributed by atoms with E-state index >= 15 is 0 Å². The first-order valence-corrected chi connectivity index (χ1v) is 13.4. The zero-order valence-corrected chi connectivity index (χ0v) is 21.5. The highest BCUT2D eigenvalue weighted by Crippen LogP contribution is 2.28. The lowest BCUT2D eigenvalue weighted by atomic mass is 10.1. The van der Waals surface area contributed by atoms with Crippen molar-refractivity contribution in [1.82, 2.24) is 20.2 Å². The van der Waals surface area contributed by atoms with Gasteiger partial charge in [0.25, 0.3) is 0 Å². The Balaban J connectivity index is 1.10. The third-order valence-electron chi connectivity index (χ3n) is 7.57. The number of benzene rings is 2. The Kier molecular flexibility index (Phi) is 7.36. The number of nitrogens with zero attached hydrogens (tertiary/aromatic N) is 5. The lowest BCUT2D eigenvalue weighted by Gasteiger charge is -2.43. The molecule has 3 aliphatic heterocycles. The maximum Gasteiger partial charge on any atom is 0.227 e. The van der Waals surface area contributed by atoms with Crippen LogP contribution in [-0.2, 0) is 4.74 Å². The van der Waals surface area contributed by atoms with Crippen molar-refractivity contribution in [3.8, 4) is 23.1 Å². The normalized spacial score (nSPS) is 19.0. The first kappa shape index (κ1) is 24.6. The van der Waals surface area contributed by atoms with Crippen LogP contribution in [0.25, 0.3) is 11.3 Å². The smallest absolute Gasteiger partial charge is 0.227 e. The largest absolute Gasteiger partial charge is 0.489 e. The fourth-order valence-corrected chi connectivity index (χ4v) is 5.22. The summed E-state index contributed by atoms with van der Waals surface area (Å²) in [6.45, 7) is 7.85. The molecule has 9 nitrogen and oxygen atoms in total. The van der Waals surface area contributed by atoms with Gasteiger partial charge in [-0.2, -0.15) is 5.26 Å². The predicted molar refractivity (Wildman–Crippen MR) is 147 cm³/mol. The molecular weight excluding hydrogens is 478 g/mol. The number of hydrogen-bond donors (Lipinski definition) is 2. The molecule has 0 amide bonds. The van der Waals surface area contributed by atoms with Gasteiger partial charge in [0.05, 0.1) is 30.5 Å². The fraction of sp³-hybridized carbons (Fsp3) is 0.414. The molecule has 0 atom stereocenters. The number of nitrogens with one attached hydrogen (secondary N) is 2. The van der Waals surface area contributed by atoms with Gasteiger partial charge in [-0.25, -0.2) is 9.97 Å². The molecule has 3 fully saturated rings.